The highest BCUT2D eigenvalue weighted by molar-refractivity contribution is 6.61. The molecule has 4 atom stereocenters. The van der Waals surface area contributed by atoms with E-state index in [2.05, 4.69) is 0 Å². The number of rotatable bonds is 3. The summed E-state index contributed by atoms with van der Waals surface area (Å²) in [6.07, 6.45) is -2.00. The van der Waals surface area contributed by atoms with Crippen molar-refractivity contribution in [3.63, 3.8) is 0 Å². The van der Waals surface area contributed by atoms with Crippen LogP contribution in [0.15, 0.2) is 30.3 Å². The van der Waals surface area contributed by atoms with Crippen molar-refractivity contribution in [2.24, 2.45) is 0 Å². The molecule has 2 fully saturated rings. The molecular weight excluding hydrogens is 275 g/mol. The third-order valence-corrected chi connectivity index (χ3v) is 3.57. The fourth-order valence-corrected chi connectivity index (χ4v) is 2.64. The number of fused-ring (bicyclic) bond motifs is 2. The lowest BCUT2D eigenvalue weighted by Crippen LogP contribution is -2.66. The summed E-state index contributed by atoms with van der Waals surface area (Å²) < 4.78 is 27.9. The van der Waals surface area contributed by atoms with Gasteiger partial charge in [0.1, 0.15) is 12.2 Å². The van der Waals surface area contributed by atoms with Crippen LogP contribution in [0.25, 0.3) is 0 Å². The van der Waals surface area contributed by atoms with Crippen LogP contribution in [0.3, 0.4) is 0 Å². The van der Waals surface area contributed by atoms with Crippen molar-refractivity contribution >= 4 is 18.6 Å². The van der Waals surface area contributed by atoms with Gasteiger partial charge in [-0.2, -0.15) is 0 Å². The number of methoxy groups -OCH3 is 1. The van der Waals surface area contributed by atoms with Gasteiger partial charge in [-0.15, -0.1) is 0 Å². The molecule has 0 amide bonds. The molecule has 3 rings (SSSR count). The van der Waals surface area contributed by atoms with Crippen LogP contribution >= 0.6 is 0 Å². The molecule has 2 saturated heterocycles. The van der Waals surface area contributed by atoms with Gasteiger partial charge in [0.25, 0.3) is 0 Å². The van der Waals surface area contributed by atoms with Crippen LogP contribution in [0.5, 0.6) is 0 Å². The standard InChI is InChI=1S/C14H17BO6/c1-9(16)19-12-11-8-18-14(17-2)13(12)21-15(20-11)10-6-4-3-5-7-10/h3-7,11-14H,8H2,1-2H3. The van der Waals surface area contributed by atoms with Crippen LogP contribution in [-0.2, 0) is 28.3 Å². The SMILES string of the molecule is COC1OCC2OB(c3ccccc3)OC1C2OC(C)=O. The maximum absolute atomic E-state index is 11.3. The molecule has 0 N–H and O–H groups in total. The number of hydrogen-bond donors (Lipinski definition) is 0. The summed E-state index contributed by atoms with van der Waals surface area (Å²) in [6, 6.07) is 9.61. The zero-order valence-electron chi connectivity index (χ0n) is 11.9. The third kappa shape index (κ3) is 2.96. The molecule has 21 heavy (non-hydrogen) atoms. The molecule has 0 spiro atoms. The van der Waals surface area contributed by atoms with Crippen molar-refractivity contribution in [2.45, 2.75) is 31.5 Å². The van der Waals surface area contributed by atoms with Gasteiger partial charge in [-0.3, -0.25) is 4.79 Å². The fourth-order valence-electron chi connectivity index (χ4n) is 2.64. The number of carbonyl (C=O) groups is 1. The molecule has 4 unspecified atom stereocenters. The number of esters is 1. The van der Waals surface area contributed by atoms with Gasteiger partial charge < -0.3 is 23.5 Å². The minimum absolute atomic E-state index is 0.291. The fraction of sp³-hybridized carbons (Fsp3) is 0.500. The minimum atomic E-state index is -0.583. The van der Waals surface area contributed by atoms with Gasteiger partial charge in [0.2, 0.25) is 0 Å². The first kappa shape index (κ1) is 14.5. The van der Waals surface area contributed by atoms with Crippen molar-refractivity contribution in [1.29, 1.82) is 0 Å². The number of carbonyl (C=O) groups excluding carboxylic acids is 1. The second kappa shape index (κ2) is 6.15. The predicted octanol–water partition coefficient (Wildman–Crippen LogP) is 0.100. The summed E-state index contributed by atoms with van der Waals surface area (Å²) in [5.41, 5.74) is 0.908. The van der Waals surface area contributed by atoms with Gasteiger partial charge in [-0.25, -0.2) is 0 Å². The lowest BCUT2D eigenvalue weighted by atomic mass is 9.76. The molecule has 1 aromatic rings. The Labute approximate surface area is 123 Å². The average Bonchev–Trinajstić information content (AvgIpc) is 2.48. The second-order valence-corrected chi connectivity index (χ2v) is 5.03. The Bertz CT molecular complexity index is 495. The first-order valence-electron chi connectivity index (χ1n) is 6.86. The van der Waals surface area contributed by atoms with Crippen LogP contribution in [0.2, 0.25) is 0 Å². The summed E-state index contributed by atoms with van der Waals surface area (Å²) in [5.74, 6) is -0.378. The van der Waals surface area contributed by atoms with Gasteiger partial charge in [-0.05, 0) is 5.46 Å². The van der Waals surface area contributed by atoms with Crippen LogP contribution in [-0.4, -0.2) is 51.4 Å². The summed E-state index contributed by atoms with van der Waals surface area (Å²) in [7, 11) is 1.01. The molecule has 6 nitrogen and oxygen atoms in total. The Hall–Kier alpha value is -1.41. The van der Waals surface area contributed by atoms with Gasteiger partial charge in [0, 0.05) is 14.0 Å². The predicted molar refractivity (Wildman–Crippen MR) is 73.9 cm³/mol. The topological polar surface area (TPSA) is 63.2 Å². The monoisotopic (exact) mass is 292 g/mol. The first-order chi connectivity index (χ1) is 10.2. The van der Waals surface area contributed by atoms with Crippen molar-refractivity contribution in [1.82, 2.24) is 0 Å². The number of hydrogen-bond acceptors (Lipinski definition) is 6. The smallest absolute Gasteiger partial charge is 0.457 e. The maximum Gasteiger partial charge on any atom is 0.494 e. The first-order valence-corrected chi connectivity index (χ1v) is 6.86. The van der Waals surface area contributed by atoms with E-state index >= 15 is 0 Å². The quantitative estimate of drug-likeness (QED) is 0.581. The van der Waals surface area contributed by atoms with Gasteiger partial charge in [0.05, 0.1) is 6.61 Å². The Morgan fingerprint density at radius 1 is 1.29 bits per heavy atom. The van der Waals surface area contributed by atoms with E-state index in [0.29, 0.717) is 6.61 Å². The van der Waals surface area contributed by atoms with E-state index in [4.69, 9.17) is 23.5 Å². The normalized spacial score (nSPS) is 31.8. The Morgan fingerprint density at radius 3 is 2.71 bits per heavy atom. The molecule has 2 bridgehead atoms. The highest BCUT2D eigenvalue weighted by Gasteiger charge is 2.51. The zero-order valence-corrected chi connectivity index (χ0v) is 11.9. The van der Waals surface area contributed by atoms with E-state index < -0.39 is 25.6 Å². The Morgan fingerprint density at radius 2 is 2.05 bits per heavy atom. The molecule has 7 heteroatoms. The number of ether oxygens (including phenoxy) is 3. The van der Waals surface area contributed by atoms with Crippen molar-refractivity contribution in [3.8, 4) is 0 Å². The minimum Gasteiger partial charge on any atom is -0.457 e. The Balaban J connectivity index is 1.82. The molecule has 2 heterocycles. The molecule has 2 aliphatic heterocycles. The highest BCUT2D eigenvalue weighted by Crippen LogP contribution is 2.29. The van der Waals surface area contributed by atoms with E-state index in [9.17, 15) is 4.79 Å². The van der Waals surface area contributed by atoms with E-state index in [1.807, 2.05) is 30.3 Å². The Kier molecular flexibility index (Phi) is 4.25. The molecule has 0 aliphatic carbocycles. The average molecular weight is 292 g/mol. The summed E-state index contributed by atoms with van der Waals surface area (Å²) in [4.78, 5) is 11.3. The molecular formula is C14H17BO6. The van der Waals surface area contributed by atoms with E-state index in [1.165, 1.54) is 14.0 Å². The maximum atomic E-state index is 11.3. The lowest BCUT2D eigenvalue weighted by molar-refractivity contribution is -0.277. The van der Waals surface area contributed by atoms with Crippen molar-refractivity contribution in [3.05, 3.63) is 30.3 Å². The van der Waals surface area contributed by atoms with E-state index in [-0.39, 0.29) is 12.1 Å². The van der Waals surface area contributed by atoms with Gasteiger partial charge >= 0.3 is 13.1 Å². The van der Waals surface area contributed by atoms with Crippen LogP contribution in [0, 0.1) is 0 Å². The third-order valence-electron chi connectivity index (χ3n) is 3.57. The number of benzene rings is 1. The highest BCUT2D eigenvalue weighted by atomic mass is 16.7. The summed E-state index contributed by atoms with van der Waals surface area (Å²) in [6.45, 7) is 1.65. The van der Waals surface area contributed by atoms with Crippen LogP contribution in [0.1, 0.15) is 6.92 Å². The molecule has 112 valence electrons. The van der Waals surface area contributed by atoms with Crippen LogP contribution < -0.4 is 5.46 Å². The molecule has 0 radical (unpaired) electrons. The molecule has 0 aromatic heterocycles. The molecule has 1 aromatic carbocycles. The largest absolute Gasteiger partial charge is 0.494 e. The van der Waals surface area contributed by atoms with Gasteiger partial charge in [0.15, 0.2) is 12.4 Å². The lowest BCUT2D eigenvalue weighted by Gasteiger charge is -2.46. The van der Waals surface area contributed by atoms with Crippen molar-refractivity contribution in [2.75, 3.05) is 13.7 Å². The van der Waals surface area contributed by atoms with Crippen molar-refractivity contribution < 1.29 is 28.3 Å². The van der Waals surface area contributed by atoms with Gasteiger partial charge in [-0.1, -0.05) is 30.3 Å². The summed E-state index contributed by atoms with van der Waals surface area (Å²) >= 11 is 0. The zero-order chi connectivity index (χ0) is 14.8. The molecule has 0 saturated carbocycles. The molecule has 2 aliphatic rings. The second-order valence-electron chi connectivity index (χ2n) is 5.03. The van der Waals surface area contributed by atoms with Crippen LogP contribution in [0.4, 0.5) is 0 Å². The van der Waals surface area contributed by atoms with E-state index in [0.717, 1.165) is 5.46 Å². The summed E-state index contributed by atoms with van der Waals surface area (Å²) in [5, 5.41) is 0. The van der Waals surface area contributed by atoms with E-state index in [1.54, 1.807) is 0 Å².